The summed E-state index contributed by atoms with van der Waals surface area (Å²) >= 11 is 0. The smallest absolute Gasteiger partial charge is 0.229 e. The summed E-state index contributed by atoms with van der Waals surface area (Å²) in [5.41, 5.74) is 8.07. The molecular weight excluding hydrogens is 628 g/mol. The van der Waals surface area contributed by atoms with E-state index in [1.165, 1.54) is 51.4 Å². The molecule has 2 fully saturated rings. The second kappa shape index (κ2) is 15.1. The molecule has 0 unspecified atom stereocenters. The summed E-state index contributed by atoms with van der Waals surface area (Å²) in [4.78, 5) is 41.1. The lowest BCUT2D eigenvalue weighted by Gasteiger charge is -2.18. The molecule has 2 saturated carbocycles. The van der Waals surface area contributed by atoms with Gasteiger partial charge in [0, 0.05) is 71.2 Å². The molecule has 6 N–H and O–H groups in total. The van der Waals surface area contributed by atoms with Crippen molar-refractivity contribution in [3.8, 4) is 0 Å². The maximum absolute atomic E-state index is 11.5. The van der Waals surface area contributed by atoms with Gasteiger partial charge in [0.2, 0.25) is 23.7 Å². The van der Waals surface area contributed by atoms with Gasteiger partial charge in [0.15, 0.2) is 0 Å². The predicted molar refractivity (Wildman–Crippen MR) is 199 cm³/mol. The fraction of sp³-hybridized carbons (Fsp3) is 0.421. The molecule has 0 saturated heterocycles. The van der Waals surface area contributed by atoms with Crippen LogP contribution in [0.2, 0.25) is 0 Å². The molecule has 12 heteroatoms. The summed E-state index contributed by atoms with van der Waals surface area (Å²) in [6.45, 7) is 4.03. The second-order valence-electron chi connectivity index (χ2n) is 13.8. The normalized spacial score (nSPS) is 17.1. The summed E-state index contributed by atoms with van der Waals surface area (Å²) in [7, 11) is 0. The van der Waals surface area contributed by atoms with Gasteiger partial charge in [-0.25, -0.2) is 9.97 Å². The number of anilines is 8. The molecular formula is C38H46N10O2. The summed E-state index contributed by atoms with van der Waals surface area (Å²) in [5, 5.41) is 19.5. The lowest BCUT2D eigenvalue weighted by Crippen LogP contribution is -2.19. The molecule has 2 amide bonds. The Hall–Kier alpha value is -5.26. The van der Waals surface area contributed by atoms with Crippen molar-refractivity contribution in [3.05, 3.63) is 71.0 Å². The first-order chi connectivity index (χ1) is 24.3. The third-order valence-corrected chi connectivity index (χ3v) is 9.85. The van der Waals surface area contributed by atoms with Crippen LogP contribution in [-0.2, 0) is 22.4 Å². The van der Waals surface area contributed by atoms with Crippen LogP contribution in [0.3, 0.4) is 0 Å². The minimum Gasteiger partial charge on any atom is -0.367 e. The van der Waals surface area contributed by atoms with Gasteiger partial charge in [0.1, 0.15) is 11.6 Å². The molecule has 2 aromatic carbocycles. The van der Waals surface area contributed by atoms with Gasteiger partial charge in [-0.2, -0.15) is 9.97 Å². The van der Waals surface area contributed by atoms with E-state index in [2.05, 4.69) is 64.0 Å². The van der Waals surface area contributed by atoms with Gasteiger partial charge in [-0.3, -0.25) is 9.59 Å². The van der Waals surface area contributed by atoms with Crippen LogP contribution in [0.4, 0.5) is 46.3 Å². The number of fused-ring (bicyclic) bond motifs is 2. The number of amides is 2. The molecule has 4 aromatic rings. The summed E-state index contributed by atoms with van der Waals surface area (Å²) < 4.78 is 0. The van der Waals surface area contributed by atoms with Gasteiger partial charge in [-0.15, -0.1) is 0 Å². The van der Waals surface area contributed by atoms with Gasteiger partial charge in [0.25, 0.3) is 0 Å². The van der Waals surface area contributed by atoms with Crippen LogP contribution in [0, 0.1) is 13.8 Å². The van der Waals surface area contributed by atoms with E-state index in [4.69, 9.17) is 0 Å². The van der Waals surface area contributed by atoms with Gasteiger partial charge in [-0.05, 0) is 99.9 Å². The molecule has 4 heterocycles. The fourth-order valence-electron chi connectivity index (χ4n) is 6.99. The van der Waals surface area contributed by atoms with E-state index in [0.717, 1.165) is 69.5 Å². The minimum absolute atomic E-state index is 0.0812. The zero-order chi connectivity index (χ0) is 34.5. The van der Waals surface area contributed by atoms with E-state index in [-0.39, 0.29) is 11.8 Å². The van der Waals surface area contributed by atoms with Crippen molar-refractivity contribution < 1.29 is 9.59 Å². The molecule has 0 radical (unpaired) electrons. The predicted octanol–water partition coefficient (Wildman–Crippen LogP) is 7.54. The highest BCUT2D eigenvalue weighted by Crippen LogP contribution is 2.30. The van der Waals surface area contributed by atoms with Crippen molar-refractivity contribution in [3.63, 3.8) is 0 Å². The first kappa shape index (κ1) is 33.2. The summed E-state index contributed by atoms with van der Waals surface area (Å²) in [6, 6.07) is 12.9. The molecule has 2 aliphatic carbocycles. The number of aryl methyl sites for hydroxylation is 4. The van der Waals surface area contributed by atoms with Gasteiger partial charge in [-0.1, -0.05) is 25.7 Å². The Labute approximate surface area is 293 Å². The number of carbonyl (C=O) groups excluding carboxylic acids is 2. The Morgan fingerprint density at radius 2 is 1.10 bits per heavy atom. The standard InChI is InChI=1S/2C19H23N5O/c1-12-11-20-19(22-14-4-2-3-5-14)24-18(12)21-15-7-8-16-13(10-15)6-9-17(25)23-16;1-12-11-20-19(24-18(12)21-14-4-2-3-5-14)22-15-7-8-16-13(10-15)6-9-17(25)23-16/h2*7-8,10-11,14H,2-6,9H2,1H3,(H,23,25)(H2,20,21,22,24). The van der Waals surface area contributed by atoms with E-state index in [1.54, 1.807) is 0 Å². The Kier molecular flexibility index (Phi) is 10.0. The number of hydrogen-bond donors (Lipinski definition) is 6. The zero-order valence-corrected chi connectivity index (χ0v) is 28.9. The number of carbonyl (C=O) groups is 2. The highest BCUT2D eigenvalue weighted by atomic mass is 16.2. The lowest BCUT2D eigenvalue weighted by atomic mass is 10.0. The van der Waals surface area contributed by atoms with Crippen LogP contribution >= 0.6 is 0 Å². The van der Waals surface area contributed by atoms with E-state index in [9.17, 15) is 9.59 Å². The van der Waals surface area contributed by atoms with Crippen LogP contribution in [0.5, 0.6) is 0 Å². The number of hydrogen-bond acceptors (Lipinski definition) is 10. The maximum atomic E-state index is 11.5. The average Bonchev–Trinajstić information content (AvgIpc) is 3.83. The van der Waals surface area contributed by atoms with E-state index in [1.807, 2.05) is 50.5 Å². The lowest BCUT2D eigenvalue weighted by molar-refractivity contribution is -0.117. The molecule has 4 aliphatic rings. The first-order valence-corrected chi connectivity index (χ1v) is 17.9. The molecule has 0 spiro atoms. The SMILES string of the molecule is Cc1cnc(NC2CCCC2)nc1Nc1ccc2c(c1)CCC(=O)N2.Cc1cnc(Nc2ccc3c(c2)CCC(=O)N3)nc1NC1CCCC1. The van der Waals surface area contributed by atoms with Crippen LogP contribution < -0.4 is 31.9 Å². The first-order valence-electron chi connectivity index (χ1n) is 17.9. The number of rotatable bonds is 8. The number of aromatic nitrogens is 4. The number of nitrogens with zero attached hydrogens (tertiary/aromatic N) is 4. The average molecular weight is 675 g/mol. The van der Waals surface area contributed by atoms with Gasteiger partial charge >= 0.3 is 0 Å². The fourth-order valence-corrected chi connectivity index (χ4v) is 6.99. The third kappa shape index (κ3) is 8.30. The highest BCUT2D eigenvalue weighted by Gasteiger charge is 2.19. The Morgan fingerprint density at radius 1 is 0.600 bits per heavy atom. The van der Waals surface area contributed by atoms with Crippen LogP contribution in [0.25, 0.3) is 0 Å². The zero-order valence-electron chi connectivity index (χ0n) is 28.9. The highest BCUT2D eigenvalue weighted by molar-refractivity contribution is 5.95. The summed E-state index contributed by atoms with van der Waals surface area (Å²) in [5.74, 6) is 3.17. The van der Waals surface area contributed by atoms with Crippen LogP contribution in [-0.4, -0.2) is 43.8 Å². The van der Waals surface area contributed by atoms with E-state index < -0.39 is 0 Å². The largest absolute Gasteiger partial charge is 0.367 e. The van der Waals surface area contributed by atoms with Crippen LogP contribution in [0.1, 0.15) is 86.5 Å². The van der Waals surface area contributed by atoms with Gasteiger partial charge < -0.3 is 31.9 Å². The number of benzene rings is 2. The molecule has 50 heavy (non-hydrogen) atoms. The maximum Gasteiger partial charge on any atom is 0.229 e. The van der Waals surface area contributed by atoms with Crippen molar-refractivity contribution in [1.82, 2.24) is 19.9 Å². The second-order valence-corrected chi connectivity index (χ2v) is 13.8. The number of nitrogens with one attached hydrogen (secondary N) is 6. The molecule has 0 bridgehead atoms. The topological polar surface area (TPSA) is 158 Å². The van der Waals surface area contributed by atoms with E-state index >= 15 is 0 Å². The Morgan fingerprint density at radius 3 is 1.70 bits per heavy atom. The quantitative estimate of drug-likeness (QED) is 0.110. The van der Waals surface area contributed by atoms with Crippen molar-refractivity contribution in [2.75, 3.05) is 31.9 Å². The van der Waals surface area contributed by atoms with Gasteiger partial charge in [0.05, 0.1) is 0 Å². The molecule has 2 aromatic heterocycles. The molecule has 260 valence electrons. The van der Waals surface area contributed by atoms with Crippen LogP contribution in [0.15, 0.2) is 48.8 Å². The van der Waals surface area contributed by atoms with Crippen molar-refractivity contribution in [1.29, 1.82) is 0 Å². The minimum atomic E-state index is 0.0812. The van der Waals surface area contributed by atoms with Crippen molar-refractivity contribution in [2.24, 2.45) is 0 Å². The molecule has 0 atom stereocenters. The third-order valence-electron chi connectivity index (χ3n) is 9.85. The Balaban J connectivity index is 0.000000157. The summed E-state index contributed by atoms with van der Waals surface area (Å²) in [6.07, 6.45) is 16.3. The molecule has 2 aliphatic heterocycles. The van der Waals surface area contributed by atoms with Crippen molar-refractivity contribution in [2.45, 2.75) is 103 Å². The monoisotopic (exact) mass is 674 g/mol. The molecule has 12 nitrogen and oxygen atoms in total. The molecule has 8 rings (SSSR count). The van der Waals surface area contributed by atoms with E-state index in [0.29, 0.717) is 36.8 Å². The Bertz CT molecular complexity index is 1870. The van der Waals surface area contributed by atoms with Crippen molar-refractivity contribution >= 4 is 58.1 Å².